The van der Waals surface area contributed by atoms with Crippen LogP contribution in [-0.4, -0.2) is 56.3 Å². The summed E-state index contributed by atoms with van der Waals surface area (Å²) in [5.41, 5.74) is 2.80. The van der Waals surface area contributed by atoms with E-state index in [0.717, 1.165) is 26.1 Å². The molecule has 9 heteroatoms. The summed E-state index contributed by atoms with van der Waals surface area (Å²) in [4.78, 5) is 40.5. The van der Waals surface area contributed by atoms with Crippen LogP contribution in [0.25, 0.3) is 11.1 Å². The van der Waals surface area contributed by atoms with Crippen molar-refractivity contribution in [1.82, 2.24) is 10.2 Å². The number of carboxylic acid groups (broad SMARTS) is 1. The lowest BCUT2D eigenvalue weighted by molar-refractivity contribution is -0.152. The molecule has 0 aromatic heterocycles. The summed E-state index contributed by atoms with van der Waals surface area (Å²) in [5.74, 6) is -1.09. The molecular weight excluding hydrogens is 560 g/mol. The third-order valence-corrected chi connectivity index (χ3v) is 9.92. The molecule has 2 heterocycles. The maximum Gasteiger partial charge on any atom is 0.322 e. The fraction of sp³-hybridized carbons (Fsp3) is 0.222. The number of β-lactam (4-membered cyclic amide) rings is 1. The summed E-state index contributed by atoms with van der Waals surface area (Å²) in [5, 5.41) is 12.9. The van der Waals surface area contributed by atoms with E-state index in [4.69, 9.17) is 0 Å². The SMILES string of the molecule is O=C(Cc1ccccc1)N[C@@H]1C(=O)N2CC(Sc3ccc(Br)cc3-c3ccccc3)(C(=O)O)CS[C@H]12. The Morgan fingerprint density at radius 1 is 1.08 bits per heavy atom. The summed E-state index contributed by atoms with van der Waals surface area (Å²) in [6.45, 7) is 0.0822. The van der Waals surface area contributed by atoms with E-state index in [1.165, 1.54) is 23.5 Å². The highest BCUT2D eigenvalue weighted by molar-refractivity contribution is 9.10. The first-order valence-electron chi connectivity index (χ1n) is 11.4. The van der Waals surface area contributed by atoms with Crippen LogP contribution >= 0.6 is 39.5 Å². The first-order chi connectivity index (χ1) is 17.4. The molecule has 2 N–H and O–H groups in total. The van der Waals surface area contributed by atoms with Crippen molar-refractivity contribution in [1.29, 1.82) is 0 Å². The van der Waals surface area contributed by atoms with Gasteiger partial charge in [-0.05, 0) is 34.9 Å². The van der Waals surface area contributed by atoms with Crippen LogP contribution in [0.5, 0.6) is 0 Å². The van der Waals surface area contributed by atoms with Gasteiger partial charge >= 0.3 is 5.97 Å². The van der Waals surface area contributed by atoms with Crippen molar-refractivity contribution < 1.29 is 19.5 Å². The van der Waals surface area contributed by atoms with Crippen LogP contribution in [0.2, 0.25) is 0 Å². The molecule has 5 rings (SSSR count). The van der Waals surface area contributed by atoms with Gasteiger partial charge in [-0.2, -0.15) is 0 Å². The summed E-state index contributed by atoms with van der Waals surface area (Å²) in [6.07, 6.45) is 0.197. The fourth-order valence-electron chi connectivity index (χ4n) is 4.44. The molecule has 0 bridgehead atoms. The number of nitrogens with one attached hydrogen (secondary N) is 1. The molecule has 2 saturated heterocycles. The molecule has 0 radical (unpaired) electrons. The highest BCUT2D eigenvalue weighted by Gasteiger charge is 2.58. The van der Waals surface area contributed by atoms with E-state index in [1.54, 1.807) is 4.90 Å². The molecule has 2 fully saturated rings. The lowest BCUT2D eigenvalue weighted by Gasteiger charge is -2.53. The lowest BCUT2D eigenvalue weighted by atomic mass is 10.0. The monoisotopic (exact) mass is 582 g/mol. The van der Waals surface area contributed by atoms with Gasteiger partial charge in [0.05, 0.1) is 6.42 Å². The van der Waals surface area contributed by atoms with E-state index in [0.29, 0.717) is 5.75 Å². The van der Waals surface area contributed by atoms with Crippen molar-refractivity contribution in [2.45, 2.75) is 27.5 Å². The largest absolute Gasteiger partial charge is 0.480 e. The van der Waals surface area contributed by atoms with Gasteiger partial charge in [-0.3, -0.25) is 14.4 Å². The van der Waals surface area contributed by atoms with Gasteiger partial charge in [-0.25, -0.2) is 0 Å². The lowest BCUT2D eigenvalue weighted by Crippen LogP contribution is -2.74. The van der Waals surface area contributed by atoms with Crippen LogP contribution in [0.15, 0.2) is 88.2 Å². The highest BCUT2D eigenvalue weighted by Crippen LogP contribution is 2.48. The molecule has 3 aromatic carbocycles. The number of nitrogens with zero attached hydrogens (tertiary/aromatic N) is 1. The van der Waals surface area contributed by atoms with Crippen LogP contribution in [0.1, 0.15) is 5.56 Å². The number of carbonyl (C=O) groups is 3. The zero-order valence-electron chi connectivity index (χ0n) is 19.1. The smallest absolute Gasteiger partial charge is 0.322 e. The van der Waals surface area contributed by atoms with Gasteiger partial charge in [-0.15, -0.1) is 23.5 Å². The minimum Gasteiger partial charge on any atom is -0.480 e. The van der Waals surface area contributed by atoms with Crippen LogP contribution in [0.3, 0.4) is 0 Å². The minimum absolute atomic E-state index is 0.0822. The van der Waals surface area contributed by atoms with Crippen LogP contribution in [-0.2, 0) is 20.8 Å². The number of hydrogen-bond donors (Lipinski definition) is 2. The zero-order chi connectivity index (χ0) is 25.3. The maximum atomic E-state index is 13.0. The Labute approximate surface area is 226 Å². The summed E-state index contributed by atoms with van der Waals surface area (Å²) < 4.78 is -0.298. The molecule has 36 heavy (non-hydrogen) atoms. The van der Waals surface area contributed by atoms with Crippen molar-refractivity contribution in [3.05, 3.63) is 88.9 Å². The number of rotatable bonds is 7. The molecule has 2 amide bonds. The predicted molar refractivity (Wildman–Crippen MR) is 146 cm³/mol. The van der Waals surface area contributed by atoms with Crippen molar-refractivity contribution in [3.8, 4) is 11.1 Å². The number of carbonyl (C=O) groups excluding carboxylic acids is 2. The number of aliphatic carboxylic acids is 1. The van der Waals surface area contributed by atoms with Gasteiger partial charge in [-0.1, -0.05) is 76.6 Å². The Hall–Kier alpha value is -2.75. The molecule has 6 nitrogen and oxygen atoms in total. The normalized spacial score (nSPS) is 22.9. The van der Waals surface area contributed by atoms with E-state index in [2.05, 4.69) is 21.2 Å². The summed E-state index contributed by atoms with van der Waals surface area (Å²) in [6, 6.07) is 24.4. The summed E-state index contributed by atoms with van der Waals surface area (Å²) >= 11 is 6.22. The van der Waals surface area contributed by atoms with E-state index in [-0.39, 0.29) is 30.2 Å². The summed E-state index contributed by atoms with van der Waals surface area (Å²) in [7, 11) is 0. The van der Waals surface area contributed by atoms with Gasteiger partial charge in [0, 0.05) is 21.7 Å². The van der Waals surface area contributed by atoms with Crippen LogP contribution < -0.4 is 5.32 Å². The number of hydrogen-bond acceptors (Lipinski definition) is 5. The molecule has 3 atom stereocenters. The molecule has 184 valence electrons. The standard InChI is InChI=1S/C27H23BrN2O4S2/c28-19-11-12-21(20(14-19)18-9-5-2-6-10-18)36-27(26(33)34)15-30-24(32)23(25(30)35-16-27)29-22(31)13-17-7-3-1-4-8-17/h1-12,14,23,25H,13,15-16H2,(H,29,31)(H,33,34)/t23-,25-,27?/m1/s1. The predicted octanol–water partition coefficient (Wildman–Crippen LogP) is 4.67. The third-order valence-electron chi connectivity index (χ3n) is 6.30. The van der Waals surface area contributed by atoms with Gasteiger partial charge in [0.2, 0.25) is 11.8 Å². The number of amides is 2. The quantitative estimate of drug-likeness (QED) is 0.393. The van der Waals surface area contributed by atoms with E-state index < -0.39 is 16.8 Å². The highest BCUT2D eigenvalue weighted by atomic mass is 79.9. The van der Waals surface area contributed by atoms with Gasteiger partial charge in [0.25, 0.3) is 0 Å². The third kappa shape index (κ3) is 4.92. The second-order valence-corrected chi connectivity index (χ2v) is 12.2. The average molecular weight is 584 g/mol. The molecule has 3 aromatic rings. The van der Waals surface area contributed by atoms with E-state index >= 15 is 0 Å². The van der Waals surface area contributed by atoms with E-state index in [9.17, 15) is 19.5 Å². The molecule has 0 aliphatic carbocycles. The molecule has 0 spiro atoms. The topological polar surface area (TPSA) is 86.7 Å². The number of carboxylic acids is 1. The molecular formula is C27H23BrN2O4S2. The first-order valence-corrected chi connectivity index (χ1v) is 14.0. The molecule has 0 saturated carbocycles. The Morgan fingerprint density at radius 2 is 1.78 bits per heavy atom. The van der Waals surface area contributed by atoms with Crippen molar-refractivity contribution in [3.63, 3.8) is 0 Å². The Morgan fingerprint density at radius 3 is 2.47 bits per heavy atom. The number of benzene rings is 3. The number of thioether (sulfide) groups is 2. The maximum absolute atomic E-state index is 13.0. The van der Waals surface area contributed by atoms with Crippen LogP contribution in [0, 0.1) is 0 Å². The second-order valence-electron chi connectivity index (χ2n) is 8.78. The number of fused-ring (bicyclic) bond motifs is 1. The first kappa shape index (κ1) is 24.9. The number of halogens is 1. The van der Waals surface area contributed by atoms with Crippen LogP contribution in [0.4, 0.5) is 0 Å². The van der Waals surface area contributed by atoms with Gasteiger partial charge in [0.1, 0.15) is 16.2 Å². The van der Waals surface area contributed by atoms with Gasteiger partial charge in [0.15, 0.2) is 0 Å². The van der Waals surface area contributed by atoms with Gasteiger partial charge < -0.3 is 15.3 Å². The molecule has 1 unspecified atom stereocenters. The Balaban J connectivity index is 1.32. The Kier molecular flexibility index (Phi) is 7.14. The van der Waals surface area contributed by atoms with E-state index in [1.807, 2.05) is 78.9 Å². The van der Waals surface area contributed by atoms with Crippen molar-refractivity contribution in [2.75, 3.05) is 12.3 Å². The fourth-order valence-corrected chi connectivity index (χ4v) is 7.76. The average Bonchev–Trinajstić information content (AvgIpc) is 2.89. The zero-order valence-corrected chi connectivity index (χ0v) is 22.3. The van der Waals surface area contributed by atoms with Crippen molar-refractivity contribution in [2.24, 2.45) is 0 Å². The second kappa shape index (κ2) is 10.3. The minimum atomic E-state index is -1.20. The van der Waals surface area contributed by atoms with Crippen molar-refractivity contribution >= 4 is 57.2 Å². The Bertz CT molecular complexity index is 1310. The molecule has 2 aliphatic heterocycles. The molecule has 2 aliphatic rings.